The number of fused-ring (bicyclic) bond motifs is 1. The first-order chi connectivity index (χ1) is 15.1. The number of hydrogen-bond donors (Lipinski definition) is 1. The Hall–Kier alpha value is -2.66. The van der Waals surface area contributed by atoms with Gasteiger partial charge in [-0.05, 0) is 60.2 Å². The Morgan fingerprint density at radius 3 is 2.44 bits per heavy atom. The van der Waals surface area contributed by atoms with Crippen LogP contribution in [0.15, 0.2) is 54.7 Å². The third-order valence-corrected chi connectivity index (χ3v) is 7.47. The molecular weight excluding hydrogens is 425 g/mol. The summed E-state index contributed by atoms with van der Waals surface area (Å²) in [5.74, 6) is -0.894. The Kier molecular flexibility index (Phi) is 5.89. The van der Waals surface area contributed by atoms with Gasteiger partial charge in [0.2, 0.25) is 5.91 Å². The summed E-state index contributed by atoms with van der Waals surface area (Å²) in [6, 6.07) is 14.3. The predicted octanol–water partition coefficient (Wildman–Crippen LogP) is 5.71. The number of carbonyl (C=O) groups is 1. The van der Waals surface area contributed by atoms with Crippen LogP contribution in [-0.2, 0) is 10.2 Å². The number of piperidine rings is 1. The van der Waals surface area contributed by atoms with Gasteiger partial charge in [0.1, 0.15) is 5.82 Å². The number of rotatable bonds is 5. The number of amides is 1. The molecule has 1 aromatic heterocycles. The third-order valence-electron chi connectivity index (χ3n) is 7.22. The van der Waals surface area contributed by atoms with E-state index in [4.69, 9.17) is 17.3 Å². The normalized spacial score (nSPS) is 17.3. The molecule has 2 aromatic carbocycles. The standard InChI is InChI=1S/C26H29ClFN3O/c1-25(2,17-4-6-18(27)7-5-17)23(24(29)32)26(3)11-14-31(15-12-26)22-10-13-30-21-9-8-19(28)16-20(21)22/h4-10,13,16,23H,11-12,14-15H2,1-3H3,(H2,29,32). The Labute approximate surface area is 193 Å². The van der Waals surface area contributed by atoms with Crippen molar-refractivity contribution >= 4 is 34.1 Å². The molecule has 0 aliphatic carbocycles. The van der Waals surface area contributed by atoms with Gasteiger partial charge in [-0.15, -0.1) is 0 Å². The SMILES string of the molecule is CC1(C(C(N)=O)C(C)(C)c2ccc(Cl)cc2)CCN(c2ccnc3ccc(F)cc23)CC1. The molecule has 4 nitrogen and oxygen atoms in total. The van der Waals surface area contributed by atoms with E-state index in [0.717, 1.165) is 48.1 Å². The predicted molar refractivity (Wildman–Crippen MR) is 128 cm³/mol. The summed E-state index contributed by atoms with van der Waals surface area (Å²) in [4.78, 5) is 19.4. The van der Waals surface area contributed by atoms with Gasteiger partial charge in [-0.3, -0.25) is 9.78 Å². The van der Waals surface area contributed by atoms with E-state index in [1.54, 1.807) is 18.3 Å². The van der Waals surface area contributed by atoms with Crippen molar-refractivity contribution in [2.75, 3.05) is 18.0 Å². The van der Waals surface area contributed by atoms with Crippen molar-refractivity contribution in [1.82, 2.24) is 4.98 Å². The molecule has 0 saturated carbocycles. The average molecular weight is 454 g/mol. The zero-order chi connectivity index (χ0) is 23.1. The molecule has 168 valence electrons. The fourth-order valence-electron chi connectivity index (χ4n) is 5.54. The van der Waals surface area contributed by atoms with Gasteiger partial charge < -0.3 is 10.6 Å². The summed E-state index contributed by atoms with van der Waals surface area (Å²) in [6.07, 6.45) is 3.37. The van der Waals surface area contributed by atoms with Gasteiger partial charge in [0.25, 0.3) is 0 Å². The van der Waals surface area contributed by atoms with Gasteiger partial charge in [0.05, 0.1) is 11.4 Å². The molecule has 2 N–H and O–H groups in total. The molecule has 32 heavy (non-hydrogen) atoms. The van der Waals surface area contributed by atoms with E-state index in [1.165, 1.54) is 6.07 Å². The zero-order valence-electron chi connectivity index (χ0n) is 18.7. The van der Waals surface area contributed by atoms with Crippen LogP contribution in [-0.4, -0.2) is 24.0 Å². The molecule has 4 rings (SSSR count). The third kappa shape index (κ3) is 4.06. The van der Waals surface area contributed by atoms with Crippen LogP contribution in [0.2, 0.25) is 5.02 Å². The highest BCUT2D eigenvalue weighted by molar-refractivity contribution is 6.30. The van der Waals surface area contributed by atoms with Crippen molar-refractivity contribution in [1.29, 1.82) is 0 Å². The zero-order valence-corrected chi connectivity index (χ0v) is 19.5. The van der Waals surface area contributed by atoms with E-state index in [9.17, 15) is 9.18 Å². The van der Waals surface area contributed by atoms with Crippen LogP contribution in [0.25, 0.3) is 10.9 Å². The average Bonchev–Trinajstić information content (AvgIpc) is 2.73. The second-order valence-corrected chi connectivity index (χ2v) is 10.1. The first kappa shape index (κ1) is 22.5. The molecule has 1 unspecified atom stereocenters. The van der Waals surface area contributed by atoms with E-state index in [1.807, 2.05) is 30.3 Å². The van der Waals surface area contributed by atoms with Crippen LogP contribution in [0.4, 0.5) is 10.1 Å². The Balaban J connectivity index is 1.62. The fraction of sp³-hybridized carbons (Fsp3) is 0.385. The molecule has 2 heterocycles. The van der Waals surface area contributed by atoms with Crippen molar-refractivity contribution < 1.29 is 9.18 Å². The molecule has 1 aliphatic rings. The van der Waals surface area contributed by atoms with Gasteiger partial charge in [-0.2, -0.15) is 0 Å². The van der Waals surface area contributed by atoms with E-state index < -0.39 is 5.41 Å². The second kappa shape index (κ2) is 8.36. The van der Waals surface area contributed by atoms with Crippen LogP contribution >= 0.6 is 11.6 Å². The first-order valence-electron chi connectivity index (χ1n) is 11.0. The lowest BCUT2D eigenvalue weighted by atomic mass is 9.58. The monoisotopic (exact) mass is 453 g/mol. The lowest BCUT2D eigenvalue weighted by Crippen LogP contribution is -2.53. The molecule has 1 amide bonds. The summed E-state index contributed by atoms with van der Waals surface area (Å²) in [6.45, 7) is 7.85. The van der Waals surface area contributed by atoms with E-state index in [0.29, 0.717) is 5.02 Å². The second-order valence-electron chi connectivity index (χ2n) is 9.70. The van der Waals surface area contributed by atoms with Crippen molar-refractivity contribution in [3.05, 3.63) is 71.1 Å². The summed E-state index contributed by atoms with van der Waals surface area (Å²) < 4.78 is 13.9. The van der Waals surface area contributed by atoms with Crippen molar-refractivity contribution in [3.63, 3.8) is 0 Å². The van der Waals surface area contributed by atoms with Gasteiger partial charge in [0, 0.05) is 40.8 Å². The number of nitrogens with two attached hydrogens (primary N) is 1. The highest BCUT2D eigenvalue weighted by atomic mass is 35.5. The molecule has 6 heteroatoms. The van der Waals surface area contributed by atoms with Gasteiger partial charge in [-0.1, -0.05) is 44.5 Å². The fourth-order valence-corrected chi connectivity index (χ4v) is 5.67. The molecule has 0 radical (unpaired) electrons. The molecule has 3 aromatic rings. The highest BCUT2D eigenvalue weighted by Crippen LogP contribution is 2.49. The molecule has 1 fully saturated rings. The maximum atomic E-state index is 13.9. The van der Waals surface area contributed by atoms with Crippen molar-refractivity contribution in [3.8, 4) is 0 Å². The number of aromatic nitrogens is 1. The number of nitrogens with zero attached hydrogens (tertiary/aromatic N) is 2. The van der Waals surface area contributed by atoms with Gasteiger partial charge in [-0.25, -0.2) is 4.39 Å². The Morgan fingerprint density at radius 2 is 1.81 bits per heavy atom. The summed E-state index contributed by atoms with van der Waals surface area (Å²) in [7, 11) is 0. The lowest BCUT2D eigenvalue weighted by molar-refractivity contribution is -0.129. The molecule has 1 aliphatic heterocycles. The number of carbonyl (C=O) groups excluding carboxylic acids is 1. The van der Waals surface area contributed by atoms with Crippen molar-refractivity contribution in [2.45, 2.75) is 39.0 Å². The number of pyridine rings is 1. The molecule has 0 bridgehead atoms. The van der Waals surface area contributed by atoms with Gasteiger partial charge in [0.15, 0.2) is 0 Å². The Bertz CT molecular complexity index is 1140. The number of halogens is 2. The molecule has 1 atom stereocenters. The first-order valence-corrected chi connectivity index (χ1v) is 11.3. The van der Waals surface area contributed by atoms with Crippen LogP contribution in [0.3, 0.4) is 0 Å². The van der Waals surface area contributed by atoms with E-state index in [-0.39, 0.29) is 23.1 Å². The number of anilines is 1. The van der Waals surface area contributed by atoms with Crippen LogP contribution in [0, 0.1) is 17.2 Å². The molecule has 0 spiro atoms. The van der Waals surface area contributed by atoms with E-state index >= 15 is 0 Å². The minimum atomic E-state index is -0.445. The van der Waals surface area contributed by atoms with E-state index in [2.05, 4.69) is 30.7 Å². The number of benzene rings is 2. The van der Waals surface area contributed by atoms with Crippen molar-refractivity contribution in [2.24, 2.45) is 17.1 Å². The summed E-state index contributed by atoms with van der Waals surface area (Å²) >= 11 is 6.08. The summed E-state index contributed by atoms with van der Waals surface area (Å²) in [5.41, 5.74) is 8.10. The minimum Gasteiger partial charge on any atom is -0.371 e. The van der Waals surface area contributed by atoms with Crippen LogP contribution in [0.1, 0.15) is 39.2 Å². The summed E-state index contributed by atoms with van der Waals surface area (Å²) in [5, 5.41) is 1.48. The van der Waals surface area contributed by atoms with Gasteiger partial charge >= 0.3 is 0 Å². The number of primary amides is 1. The quantitative estimate of drug-likeness (QED) is 0.538. The largest absolute Gasteiger partial charge is 0.371 e. The topological polar surface area (TPSA) is 59.2 Å². The lowest BCUT2D eigenvalue weighted by Gasteiger charge is -2.49. The number of hydrogen-bond acceptors (Lipinski definition) is 3. The smallest absolute Gasteiger partial charge is 0.221 e. The van der Waals surface area contributed by atoms with Crippen LogP contribution in [0.5, 0.6) is 0 Å². The maximum Gasteiger partial charge on any atom is 0.221 e. The van der Waals surface area contributed by atoms with Crippen LogP contribution < -0.4 is 10.6 Å². The molecular formula is C26H29ClFN3O. The Morgan fingerprint density at radius 1 is 1.16 bits per heavy atom. The molecule has 1 saturated heterocycles. The minimum absolute atomic E-state index is 0.264. The maximum absolute atomic E-state index is 13.9. The highest BCUT2D eigenvalue weighted by Gasteiger charge is 2.49.